The Labute approximate surface area is 97.6 Å². The van der Waals surface area contributed by atoms with E-state index in [1.807, 2.05) is 0 Å². The molecule has 0 heterocycles. The molecule has 84 valence electrons. The Balaban J connectivity index is 2.02. The van der Waals surface area contributed by atoms with Crippen LogP contribution in [-0.2, 0) is 4.79 Å². The molecule has 0 aromatic carbocycles. The molecular weight excluding hydrogens is 206 g/mol. The minimum Gasteiger partial charge on any atom is -0.356 e. The highest BCUT2D eigenvalue weighted by Gasteiger charge is 2.42. The molecule has 0 radical (unpaired) electrons. The smallest absolute Gasteiger partial charge is 0.220 e. The van der Waals surface area contributed by atoms with Crippen LogP contribution in [0.25, 0.3) is 0 Å². The average molecular weight is 225 g/mol. The SMILES string of the molecule is C#CCCCCNC(=O)CC1(CS)CC1. The second-order valence-corrected chi connectivity index (χ2v) is 4.66. The van der Waals surface area contributed by atoms with Crippen LogP contribution < -0.4 is 5.32 Å². The molecule has 0 atom stereocenters. The van der Waals surface area contributed by atoms with E-state index in [0.29, 0.717) is 6.42 Å². The third-order valence-corrected chi connectivity index (χ3v) is 3.57. The van der Waals surface area contributed by atoms with Crippen molar-refractivity contribution in [2.75, 3.05) is 12.3 Å². The van der Waals surface area contributed by atoms with Gasteiger partial charge in [-0.3, -0.25) is 4.79 Å². The highest BCUT2D eigenvalue weighted by Crippen LogP contribution is 2.49. The van der Waals surface area contributed by atoms with Gasteiger partial charge in [0.05, 0.1) is 0 Å². The van der Waals surface area contributed by atoms with Crippen molar-refractivity contribution >= 4 is 18.5 Å². The lowest BCUT2D eigenvalue weighted by molar-refractivity contribution is -0.122. The van der Waals surface area contributed by atoms with Crippen LogP contribution >= 0.6 is 12.6 Å². The summed E-state index contributed by atoms with van der Waals surface area (Å²) < 4.78 is 0. The van der Waals surface area contributed by atoms with Gasteiger partial charge in [0, 0.05) is 19.4 Å². The lowest BCUT2D eigenvalue weighted by atomic mass is 10.1. The second kappa shape index (κ2) is 6.07. The molecule has 0 aliphatic heterocycles. The van der Waals surface area contributed by atoms with Gasteiger partial charge in [-0.15, -0.1) is 12.3 Å². The van der Waals surface area contributed by atoms with Crippen LogP contribution in [0, 0.1) is 17.8 Å². The zero-order valence-corrected chi connectivity index (χ0v) is 9.98. The van der Waals surface area contributed by atoms with E-state index in [1.54, 1.807) is 0 Å². The van der Waals surface area contributed by atoms with Crippen molar-refractivity contribution in [1.82, 2.24) is 5.32 Å². The first kappa shape index (κ1) is 12.4. The van der Waals surface area contributed by atoms with Crippen LogP contribution in [0.2, 0.25) is 0 Å². The van der Waals surface area contributed by atoms with Crippen LogP contribution in [0.4, 0.5) is 0 Å². The number of unbranched alkanes of at least 4 members (excludes halogenated alkanes) is 2. The molecule has 0 aromatic rings. The summed E-state index contributed by atoms with van der Waals surface area (Å²) in [4.78, 5) is 11.5. The third-order valence-electron chi connectivity index (χ3n) is 2.90. The van der Waals surface area contributed by atoms with Crippen molar-refractivity contribution in [3.8, 4) is 12.3 Å². The van der Waals surface area contributed by atoms with Crippen molar-refractivity contribution in [2.45, 2.75) is 38.5 Å². The number of amides is 1. The molecule has 0 unspecified atom stereocenters. The molecule has 1 aliphatic carbocycles. The summed E-state index contributed by atoms with van der Waals surface area (Å²) in [6.45, 7) is 0.753. The van der Waals surface area contributed by atoms with Crippen molar-refractivity contribution in [3.63, 3.8) is 0 Å². The van der Waals surface area contributed by atoms with E-state index >= 15 is 0 Å². The zero-order chi connectivity index (χ0) is 11.1. The lowest BCUT2D eigenvalue weighted by Crippen LogP contribution is -2.27. The van der Waals surface area contributed by atoms with E-state index in [2.05, 4.69) is 23.9 Å². The number of carbonyl (C=O) groups excluding carboxylic acids is 1. The minimum absolute atomic E-state index is 0.169. The van der Waals surface area contributed by atoms with Crippen molar-refractivity contribution in [3.05, 3.63) is 0 Å². The number of nitrogens with one attached hydrogen (secondary N) is 1. The monoisotopic (exact) mass is 225 g/mol. The molecular formula is C12H19NOS. The third kappa shape index (κ3) is 4.61. The number of terminal acetylenes is 1. The topological polar surface area (TPSA) is 29.1 Å². The van der Waals surface area contributed by atoms with Gasteiger partial charge in [0.2, 0.25) is 5.91 Å². The highest BCUT2D eigenvalue weighted by atomic mass is 32.1. The molecule has 1 N–H and O–H groups in total. The fourth-order valence-electron chi connectivity index (χ4n) is 1.55. The maximum atomic E-state index is 11.5. The van der Waals surface area contributed by atoms with E-state index in [-0.39, 0.29) is 11.3 Å². The Morgan fingerprint density at radius 3 is 2.73 bits per heavy atom. The van der Waals surface area contributed by atoms with Crippen LogP contribution in [0.15, 0.2) is 0 Å². The number of hydrogen-bond acceptors (Lipinski definition) is 2. The van der Waals surface area contributed by atoms with Gasteiger partial charge in [0.15, 0.2) is 0 Å². The molecule has 1 rings (SSSR count). The first-order valence-electron chi connectivity index (χ1n) is 5.53. The molecule has 15 heavy (non-hydrogen) atoms. The Morgan fingerprint density at radius 1 is 1.47 bits per heavy atom. The Kier molecular flexibility index (Phi) is 5.04. The van der Waals surface area contributed by atoms with Gasteiger partial charge >= 0.3 is 0 Å². The number of thiol groups is 1. The molecule has 1 aliphatic rings. The molecule has 0 saturated heterocycles. The summed E-state index contributed by atoms with van der Waals surface area (Å²) in [7, 11) is 0. The van der Waals surface area contributed by atoms with Gasteiger partial charge in [-0.25, -0.2) is 0 Å². The molecule has 2 nitrogen and oxygen atoms in total. The largest absolute Gasteiger partial charge is 0.356 e. The summed E-state index contributed by atoms with van der Waals surface area (Å²) in [5.41, 5.74) is 0.228. The fourth-order valence-corrected chi connectivity index (χ4v) is 1.98. The summed E-state index contributed by atoms with van der Waals surface area (Å²) in [5, 5.41) is 2.93. The van der Waals surface area contributed by atoms with Crippen LogP contribution in [0.3, 0.4) is 0 Å². The van der Waals surface area contributed by atoms with Gasteiger partial charge in [0.25, 0.3) is 0 Å². The van der Waals surface area contributed by atoms with Gasteiger partial charge in [-0.1, -0.05) is 0 Å². The number of carbonyl (C=O) groups is 1. The van der Waals surface area contributed by atoms with E-state index < -0.39 is 0 Å². The maximum Gasteiger partial charge on any atom is 0.220 e. The summed E-state index contributed by atoms with van der Waals surface area (Å²) in [6.07, 6.45) is 10.9. The predicted octanol–water partition coefficient (Wildman–Crippen LogP) is 2.01. The zero-order valence-electron chi connectivity index (χ0n) is 9.09. The van der Waals surface area contributed by atoms with Gasteiger partial charge in [0.1, 0.15) is 0 Å². The quantitative estimate of drug-likeness (QED) is 0.387. The number of hydrogen-bond donors (Lipinski definition) is 2. The van der Waals surface area contributed by atoms with Crippen molar-refractivity contribution < 1.29 is 4.79 Å². The van der Waals surface area contributed by atoms with E-state index in [9.17, 15) is 4.79 Å². The van der Waals surface area contributed by atoms with Crippen molar-refractivity contribution in [2.24, 2.45) is 5.41 Å². The second-order valence-electron chi connectivity index (χ2n) is 4.35. The Morgan fingerprint density at radius 2 is 2.20 bits per heavy atom. The first-order chi connectivity index (χ1) is 7.22. The molecule has 0 bridgehead atoms. The summed E-state index contributed by atoms with van der Waals surface area (Å²) in [6, 6.07) is 0. The summed E-state index contributed by atoms with van der Waals surface area (Å²) >= 11 is 4.27. The van der Waals surface area contributed by atoms with Crippen LogP contribution in [0.5, 0.6) is 0 Å². The van der Waals surface area contributed by atoms with E-state index in [0.717, 1.165) is 44.4 Å². The Hall–Kier alpha value is -0.620. The van der Waals surface area contributed by atoms with Gasteiger partial charge < -0.3 is 5.32 Å². The number of rotatable bonds is 7. The summed E-state index contributed by atoms with van der Waals surface area (Å²) in [5.74, 6) is 3.59. The molecule has 0 aromatic heterocycles. The normalized spacial score (nSPS) is 16.8. The van der Waals surface area contributed by atoms with Gasteiger partial charge in [-0.2, -0.15) is 12.6 Å². The standard InChI is InChI=1S/C12H19NOS/c1-2-3-4-5-8-13-11(14)9-12(10-15)6-7-12/h1,15H,3-10H2,(H,13,14). The average Bonchev–Trinajstić information content (AvgIpc) is 2.98. The lowest BCUT2D eigenvalue weighted by Gasteiger charge is -2.11. The highest BCUT2D eigenvalue weighted by molar-refractivity contribution is 7.80. The van der Waals surface area contributed by atoms with E-state index in [1.165, 1.54) is 0 Å². The maximum absolute atomic E-state index is 11.5. The van der Waals surface area contributed by atoms with Gasteiger partial charge in [-0.05, 0) is 36.9 Å². The minimum atomic E-state index is 0.169. The molecule has 1 amide bonds. The van der Waals surface area contributed by atoms with Crippen LogP contribution in [-0.4, -0.2) is 18.2 Å². The van der Waals surface area contributed by atoms with E-state index in [4.69, 9.17) is 6.42 Å². The molecule has 1 fully saturated rings. The molecule has 1 saturated carbocycles. The molecule has 0 spiro atoms. The fraction of sp³-hybridized carbons (Fsp3) is 0.750. The Bertz CT molecular complexity index is 253. The first-order valence-corrected chi connectivity index (χ1v) is 6.17. The van der Waals surface area contributed by atoms with Crippen LogP contribution in [0.1, 0.15) is 38.5 Å². The molecule has 3 heteroatoms. The van der Waals surface area contributed by atoms with Crippen molar-refractivity contribution in [1.29, 1.82) is 0 Å². The predicted molar refractivity (Wildman–Crippen MR) is 65.8 cm³/mol.